The van der Waals surface area contributed by atoms with Gasteiger partial charge < -0.3 is 10.6 Å². The van der Waals surface area contributed by atoms with Crippen LogP contribution in [-0.2, 0) is 11.2 Å². The number of aryl methyl sites for hydroxylation is 1. The number of carbonyl (C=O) groups excluding carboxylic acids is 1. The molecule has 2 rings (SSSR count). The van der Waals surface area contributed by atoms with E-state index in [2.05, 4.69) is 24.5 Å². The maximum absolute atomic E-state index is 11.9. The largest absolute Gasteiger partial charge is 0.349 e. The Balaban J connectivity index is 1.91. The Morgan fingerprint density at radius 1 is 1.41 bits per heavy atom. The lowest BCUT2D eigenvalue weighted by molar-refractivity contribution is -0.122. The molecule has 1 aromatic carbocycles. The second-order valence-corrected chi connectivity index (χ2v) is 5.20. The van der Waals surface area contributed by atoms with Crippen molar-refractivity contribution in [2.24, 2.45) is 0 Å². The van der Waals surface area contributed by atoms with E-state index in [9.17, 15) is 4.79 Å². The molecule has 1 heterocycles. The predicted octanol–water partition coefficient (Wildman–Crippen LogP) is 1.41. The molecule has 3 nitrogen and oxygen atoms in total. The van der Waals surface area contributed by atoms with Crippen molar-refractivity contribution in [2.75, 3.05) is 13.1 Å². The monoisotopic (exact) mass is 232 g/mol. The van der Waals surface area contributed by atoms with Crippen molar-refractivity contribution in [3.63, 3.8) is 0 Å². The van der Waals surface area contributed by atoms with Crippen LogP contribution in [0.4, 0.5) is 0 Å². The minimum absolute atomic E-state index is 0.0677. The molecule has 17 heavy (non-hydrogen) atoms. The molecule has 1 unspecified atom stereocenters. The Morgan fingerprint density at radius 3 is 2.71 bits per heavy atom. The van der Waals surface area contributed by atoms with Crippen molar-refractivity contribution in [3.8, 4) is 0 Å². The molecule has 0 bridgehead atoms. The standard InChI is InChI=1S/C14H20N2O/c1-11-3-5-12(6-4-11)9-13(17)16-14(2)7-8-15-10-14/h3-6,15H,7-10H2,1-2H3,(H,16,17). The summed E-state index contributed by atoms with van der Waals surface area (Å²) in [5, 5.41) is 6.39. The van der Waals surface area contributed by atoms with E-state index in [-0.39, 0.29) is 11.4 Å². The quantitative estimate of drug-likeness (QED) is 0.827. The number of benzene rings is 1. The first-order chi connectivity index (χ1) is 8.07. The highest BCUT2D eigenvalue weighted by atomic mass is 16.1. The minimum atomic E-state index is -0.0677. The molecule has 1 fully saturated rings. The van der Waals surface area contributed by atoms with E-state index >= 15 is 0 Å². The van der Waals surface area contributed by atoms with Crippen LogP contribution in [0.15, 0.2) is 24.3 Å². The number of rotatable bonds is 3. The van der Waals surface area contributed by atoms with Crippen LogP contribution in [0.1, 0.15) is 24.5 Å². The van der Waals surface area contributed by atoms with Gasteiger partial charge in [-0.25, -0.2) is 0 Å². The smallest absolute Gasteiger partial charge is 0.224 e. The van der Waals surface area contributed by atoms with Crippen LogP contribution in [0.25, 0.3) is 0 Å². The summed E-state index contributed by atoms with van der Waals surface area (Å²) in [6.45, 7) is 6.00. The zero-order valence-electron chi connectivity index (χ0n) is 10.5. The zero-order valence-corrected chi connectivity index (χ0v) is 10.5. The van der Waals surface area contributed by atoms with Crippen molar-refractivity contribution in [3.05, 3.63) is 35.4 Å². The van der Waals surface area contributed by atoms with Crippen molar-refractivity contribution in [1.29, 1.82) is 0 Å². The van der Waals surface area contributed by atoms with Gasteiger partial charge in [-0.1, -0.05) is 29.8 Å². The van der Waals surface area contributed by atoms with Gasteiger partial charge >= 0.3 is 0 Å². The van der Waals surface area contributed by atoms with Crippen LogP contribution in [0.2, 0.25) is 0 Å². The van der Waals surface area contributed by atoms with Crippen LogP contribution in [0.5, 0.6) is 0 Å². The number of amides is 1. The molecule has 1 aromatic rings. The third kappa shape index (κ3) is 3.30. The van der Waals surface area contributed by atoms with Gasteiger partial charge in [-0.3, -0.25) is 4.79 Å². The molecular weight excluding hydrogens is 212 g/mol. The van der Waals surface area contributed by atoms with Gasteiger partial charge in [0.2, 0.25) is 5.91 Å². The molecule has 1 saturated heterocycles. The molecular formula is C14H20N2O. The highest BCUT2D eigenvalue weighted by molar-refractivity contribution is 5.79. The third-order valence-corrected chi connectivity index (χ3v) is 3.30. The average molecular weight is 232 g/mol. The molecule has 0 spiro atoms. The van der Waals surface area contributed by atoms with E-state index in [0.29, 0.717) is 6.42 Å². The molecule has 0 saturated carbocycles. The molecule has 3 heteroatoms. The summed E-state index contributed by atoms with van der Waals surface area (Å²) < 4.78 is 0. The Hall–Kier alpha value is -1.35. The van der Waals surface area contributed by atoms with Gasteiger partial charge in [0.05, 0.1) is 12.0 Å². The summed E-state index contributed by atoms with van der Waals surface area (Å²) in [4.78, 5) is 11.9. The Kier molecular flexibility index (Phi) is 3.48. The minimum Gasteiger partial charge on any atom is -0.349 e. The van der Waals surface area contributed by atoms with E-state index in [1.807, 2.05) is 24.3 Å². The van der Waals surface area contributed by atoms with Crippen molar-refractivity contribution in [2.45, 2.75) is 32.2 Å². The Labute approximate surface area is 103 Å². The summed E-state index contributed by atoms with van der Waals surface area (Å²) in [5.74, 6) is 0.111. The highest BCUT2D eigenvalue weighted by Gasteiger charge is 2.29. The van der Waals surface area contributed by atoms with E-state index in [1.54, 1.807) is 0 Å². The first-order valence-corrected chi connectivity index (χ1v) is 6.15. The summed E-state index contributed by atoms with van der Waals surface area (Å²) in [7, 11) is 0. The van der Waals surface area contributed by atoms with Gasteiger partial charge in [-0.15, -0.1) is 0 Å². The fourth-order valence-electron chi connectivity index (χ4n) is 2.20. The first-order valence-electron chi connectivity index (χ1n) is 6.15. The Bertz CT molecular complexity index is 391. The van der Waals surface area contributed by atoms with Crippen molar-refractivity contribution < 1.29 is 4.79 Å². The molecule has 0 aliphatic carbocycles. The van der Waals surface area contributed by atoms with Crippen LogP contribution < -0.4 is 10.6 Å². The van der Waals surface area contributed by atoms with E-state index in [1.165, 1.54) is 5.56 Å². The van der Waals surface area contributed by atoms with Gasteiger partial charge in [0.15, 0.2) is 0 Å². The van der Waals surface area contributed by atoms with Gasteiger partial charge in [0.1, 0.15) is 0 Å². The topological polar surface area (TPSA) is 41.1 Å². The zero-order chi connectivity index (χ0) is 12.3. The summed E-state index contributed by atoms with van der Waals surface area (Å²) >= 11 is 0. The van der Waals surface area contributed by atoms with Crippen molar-refractivity contribution >= 4 is 5.91 Å². The third-order valence-electron chi connectivity index (χ3n) is 3.30. The molecule has 1 atom stereocenters. The normalized spacial score (nSPS) is 23.6. The molecule has 1 amide bonds. The summed E-state index contributed by atoms with van der Waals surface area (Å²) in [5.41, 5.74) is 2.23. The first kappa shape index (κ1) is 12.1. The van der Waals surface area contributed by atoms with Crippen LogP contribution in [0, 0.1) is 6.92 Å². The molecule has 1 aliphatic heterocycles. The fraction of sp³-hybridized carbons (Fsp3) is 0.500. The number of nitrogens with one attached hydrogen (secondary N) is 2. The lowest BCUT2D eigenvalue weighted by Crippen LogP contribution is -2.48. The van der Waals surface area contributed by atoms with Gasteiger partial charge in [-0.05, 0) is 32.4 Å². The molecule has 0 aromatic heterocycles. The van der Waals surface area contributed by atoms with Crippen LogP contribution in [0.3, 0.4) is 0 Å². The Morgan fingerprint density at radius 2 is 2.12 bits per heavy atom. The van der Waals surface area contributed by atoms with Gasteiger partial charge in [-0.2, -0.15) is 0 Å². The van der Waals surface area contributed by atoms with E-state index in [0.717, 1.165) is 25.1 Å². The molecule has 92 valence electrons. The summed E-state index contributed by atoms with van der Waals surface area (Å²) in [6.07, 6.45) is 1.47. The molecule has 2 N–H and O–H groups in total. The van der Waals surface area contributed by atoms with Crippen LogP contribution >= 0.6 is 0 Å². The van der Waals surface area contributed by atoms with E-state index in [4.69, 9.17) is 0 Å². The number of hydrogen-bond acceptors (Lipinski definition) is 2. The van der Waals surface area contributed by atoms with Gasteiger partial charge in [0.25, 0.3) is 0 Å². The number of carbonyl (C=O) groups is 1. The summed E-state index contributed by atoms with van der Waals surface area (Å²) in [6, 6.07) is 8.12. The van der Waals surface area contributed by atoms with E-state index < -0.39 is 0 Å². The predicted molar refractivity (Wildman–Crippen MR) is 68.9 cm³/mol. The lowest BCUT2D eigenvalue weighted by Gasteiger charge is -2.24. The molecule has 0 radical (unpaired) electrons. The van der Waals surface area contributed by atoms with Crippen LogP contribution in [-0.4, -0.2) is 24.5 Å². The average Bonchev–Trinajstić information content (AvgIpc) is 2.68. The SMILES string of the molecule is Cc1ccc(CC(=O)NC2(C)CCNC2)cc1. The number of hydrogen-bond donors (Lipinski definition) is 2. The molecule has 1 aliphatic rings. The lowest BCUT2D eigenvalue weighted by atomic mass is 10.0. The maximum Gasteiger partial charge on any atom is 0.224 e. The second kappa shape index (κ2) is 4.88. The van der Waals surface area contributed by atoms with Crippen molar-refractivity contribution in [1.82, 2.24) is 10.6 Å². The maximum atomic E-state index is 11.9. The van der Waals surface area contributed by atoms with Gasteiger partial charge in [0, 0.05) is 6.54 Å². The fourth-order valence-corrected chi connectivity index (χ4v) is 2.20. The highest BCUT2D eigenvalue weighted by Crippen LogP contribution is 2.13. The second-order valence-electron chi connectivity index (χ2n) is 5.20.